The predicted octanol–water partition coefficient (Wildman–Crippen LogP) is 2.53. The maximum atomic E-state index is 11.2. The first kappa shape index (κ1) is 14.7. The van der Waals surface area contributed by atoms with Crippen molar-refractivity contribution in [2.24, 2.45) is 0 Å². The number of carbonyl (C=O) groups excluding carboxylic acids is 1. The average molecular weight is 228 g/mol. The third-order valence-electron chi connectivity index (χ3n) is 1.63. The summed E-state index contributed by atoms with van der Waals surface area (Å²) >= 11 is 0. The molecule has 0 aliphatic heterocycles. The van der Waals surface area contributed by atoms with Gasteiger partial charge in [-0.2, -0.15) is 0 Å². The highest BCUT2D eigenvalue weighted by Crippen LogP contribution is 2.09. The molecule has 0 fully saturated rings. The van der Waals surface area contributed by atoms with Gasteiger partial charge in [0.2, 0.25) is 0 Å². The molecule has 0 bridgehead atoms. The van der Waals surface area contributed by atoms with Crippen LogP contribution in [0.4, 0.5) is 0 Å². The van der Waals surface area contributed by atoms with Crippen LogP contribution < -0.4 is 0 Å². The number of esters is 1. The molecule has 4 nitrogen and oxygen atoms in total. The first-order valence-electron chi connectivity index (χ1n) is 5.40. The Balaban J connectivity index is 3.58. The van der Waals surface area contributed by atoms with Crippen LogP contribution in [0.25, 0.3) is 0 Å². The number of hydrogen-bond acceptors (Lipinski definition) is 3. The van der Waals surface area contributed by atoms with Crippen LogP contribution in [0, 0.1) is 0 Å². The zero-order chi connectivity index (χ0) is 12.6. The zero-order valence-electron chi connectivity index (χ0n) is 10.2. The maximum absolute atomic E-state index is 11.2. The fourth-order valence-electron chi connectivity index (χ4n) is 1.04. The highest BCUT2D eigenvalue weighted by Gasteiger charge is 2.14. The Morgan fingerprint density at radius 3 is 2.06 bits per heavy atom. The molecule has 0 heterocycles. The van der Waals surface area contributed by atoms with Gasteiger partial charge in [0.25, 0.3) is 0 Å². The van der Waals surface area contributed by atoms with E-state index in [1.54, 1.807) is 6.08 Å². The van der Waals surface area contributed by atoms with Gasteiger partial charge in [-0.3, -0.25) is 9.59 Å². The first-order valence-corrected chi connectivity index (χ1v) is 5.40. The summed E-state index contributed by atoms with van der Waals surface area (Å²) in [5.41, 5.74) is -0.440. The Bertz CT molecular complexity index is 261. The quantitative estimate of drug-likeness (QED) is 0.560. The van der Waals surface area contributed by atoms with Crippen LogP contribution in [-0.2, 0) is 14.3 Å². The van der Waals surface area contributed by atoms with Crippen molar-refractivity contribution in [1.29, 1.82) is 0 Å². The van der Waals surface area contributed by atoms with E-state index >= 15 is 0 Å². The van der Waals surface area contributed by atoms with Gasteiger partial charge in [0.05, 0.1) is 0 Å². The molecule has 0 atom stereocenters. The summed E-state index contributed by atoms with van der Waals surface area (Å²) in [5.74, 6) is -1.04. The second kappa shape index (κ2) is 7.04. The van der Waals surface area contributed by atoms with Crippen LogP contribution in [0.15, 0.2) is 12.2 Å². The summed E-state index contributed by atoms with van der Waals surface area (Å²) in [4.78, 5) is 21.4. The third-order valence-corrected chi connectivity index (χ3v) is 1.63. The summed E-state index contributed by atoms with van der Waals surface area (Å²) in [6.07, 6.45) is 5.15. The molecule has 16 heavy (non-hydrogen) atoms. The van der Waals surface area contributed by atoms with Gasteiger partial charge in [0.15, 0.2) is 0 Å². The Labute approximate surface area is 96.3 Å². The summed E-state index contributed by atoms with van der Waals surface area (Å²) in [6.45, 7) is 5.48. The fourth-order valence-corrected chi connectivity index (χ4v) is 1.04. The normalized spacial score (nSPS) is 11.7. The zero-order valence-corrected chi connectivity index (χ0v) is 10.2. The van der Waals surface area contributed by atoms with Crippen LogP contribution in [0.3, 0.4) is 0 Å². The van der Waals surface area contributed by atoms with E-state index in [-0.39, 0.29) is 12.4 Å². The van der Waals surface area contributed by atoms with Crippen molar-refractivity contribution in [2.45, 2.75) is 52.1 Å². The molecule has 4 heteroatoms. The van der Waals surface area contributed by atoms with Gasteiger partial charge in [-0.25, -0.2) is 0 Å². The molecule has 92 valence electrons. The lowest BCUT2D eigenvalue weighted by Crippen LogP contribution is -2.23. The van der Waals surface area contributed by atoms with Crippen LogP contribution in [0.2, 0.25) is 0 Å². The van der Waals surface area contributed by atoms with E-state index in [2.05, 4.69) is 0 Å². The molecule has 0 rings (SSSR count). The molecule has 1 N–H and O–H groups in total. The van der Waals surface area contributed by atoms with E-state index in [0.717, 1.165) is 0 Å². The van der Waals surface area contributed by atoms with Gasteiger partial charge in [-0.15, -0.1) is 0 Å². The monoisotopic (exact) mass is 228 g/mol. The molecule has 0 aromatic heterocycles. The van der Waals surface area contributed by atoms with Gasteiger partial charge in [0.1, 0.15) is 5.60 Å². The van der Waals surface area contributed by atoms with Gasteiger partial charge < -0.3 is 9.84 Å². The Morgan fingerprint density at radius 1 is 1.12 bits per heavy atom. The lowest BCUT2D eigenvalue weighted by atomic mass is 10.2. The van der Waals surface area contributed by atoms with Crippen molar-refractivity contribution in [2.75, 3.05) is 0 Å². The second-order valence-electron chi connectivity index (χ2n) is 4.53. The Kier molecular flexibility index (Phi) is 6.46. The third kappa shape index (κ3) is 10.8. The van der Waals surface area contributed by atoms with E-state index in [1.165, 1.54) is 0 Å². The molecule has 0 saturated carbocycles. The molecule has 0 amide bonds. The molecular formula is C12H20O4. The van der Waals surface area contributed by atoms with Gasteiger partial charge in [0, 0.05) is 12.8 Å². The van der Waals surface area contributed by atoms with Crippen LogP contribution in [0.5, 0.6) is 0 Å². The van der Waals surface area contributed by atoms with E-state index < -0.39 is 11.6 Å². The summed E-state index contributed by atoms with van der Waals surface area (Å²) in [6, 6.07) is 0. The smallest absolute Gasteiger partial charge is 0.306 e. The maximum Gasteiger partial charge on any atom is 0.306 e. The van der Waals surface area contributed by atoms with Crippen molar-refractivity contribution in [3.8, 4) is 0 Å². The number of carboxylic acids is 1. The van der Waals surface area contributed by atoms with Crippen LogP contribution >= 0.6 is 0 Å². The Hall–Kier alpha value is -1.32. The van der Waals surface area contributed by atoms with Crippen molar-refractivity contribution < 1.29 is 19.4 Å². The molecular weight excluding hydrogens is 208 g/mol. The Morgan fingerprint density at radius 2 is 1.62 bits per heavy atom. The minimum absolute atomic E-state index is 0.128. The standard InChI is InChI=1S/C12H20O4/c1-12(2,3)16-11(15)9-7-5-4-6-8-10(13)14/h4-5H,6-9H2,1-3H3,(H,13,14)/b5-4+. The minimum Gasteiger partial charge on any atom is -0.481 e. The molecule has 0 radical (unpaired) electrons. The number of rotatable bonds is 6. The van der Waals surface area contributed by atoms with Crippen molar-refractivity contribution >= 4 is 11.9 Å². The van der Waals surface area contributed by atoms with Crippen molar-refractivity contribution in [3.63, 3.8) is 0 Å². The molecule has 0 spiro atoms. The van der Waals surface area contributed by atoms with Crippen LogP contribution in [-0.4, -0.2) is 22.6 Å². The van der Waals surface area contributed by atoms with E-state index in [4.69, 9.17) is 9.84 Å². The highest BCUT2D eigenvalue weighted by molar-refractivity contribution is 5.70. The van der Waals surface area contributed by atoms with Gasteiger partial charge in [-0.1, -0.05) is 12.2 Å². The molecule has 0 aliphatic rings. The summed E-state index contributed by atoms with van der Waals surface area (Å²) in [5, 5.41) is 8.38. The molecule has 0 aliphatic carbocycles. The van der Waals surface area contributed by atoms with Crippen LogP contribution in [0.1, 0.15) is 46.5 Å². The van der Waals surface area contributed by atoms with Crippen molar-refractivity contribution in [3.05, 3.63) is 12.2 Å². The molecule has 0 saturated heterocycles. The number of hydrogen-bond donors (Lipinski definition) is 1. The molecule has 0 aromatic carbocycles. The number of allylic oxidation sites excluding steroid dienone is 2. The average Bonchev–Trinajstić information content (AvgIpc) is 2.07. The van der Waals surface area contributed by atoms with Crippen molar-refractivity contribution in [1.82, 2.24) is 0 Å². The highest BCUT2D eigenvalue weighted by atomic mass is 16.6. The van der Waals surface area contributed by atoms with E-state index in [9.17, 15) is 9.59 Å². The summed E-state index contributed by atoms with van der Waals surface area (Å²) in [7, 11) is 0. The van der Waals surface area contributed by atoms with Gasteiger partial charge in [-0.05, 0) is 33.6 Å². The largest absolute Gasteiger partial charge is 0.481 e. The molecule has 0 aromatic rings. The van der Waals surface area contributed by atoms with E-state index in [0.29, 0.717) is 19.3 Å². The lowest BCUT2D eigenvalue weighted by molar-refractivity contribution is -0.154. The lowest BCUT2D eigenvalue weighted by Gasteiger charge is -2.19. The predicted molar refractivity (Wildman–Crippen MR) is 61.1 cm³/mol. The number of carboxylic acid groups (broad SMARTS) is 1. The number of ether oxygens (including phenoxy) is 1. The van der Waals surface area contributed by atoms with Gasteiger partial charge >= 0.3 is 11.9 Å². The second-order valence-corrected chi connectivity index (χ2v) is 4.53. The SMILES string of the molecule is CC(C)(C)OC(=O)CC/C=C/CCC(=O)O. The van der Waals surface area contributed by atoms with E-state index in [1.807, 2.05) is 26.8 Å². The molecule has 0 unspecified atom stereocenters. The number of carbonyl (C=O) groups is 2. The summed E-state index contributed by atoms with van der Waals surface area (Å²) < 4.78 is 5.12. The minimum atomic E-state index is -0.809. The first-order chi connectivity index (χ1) is 7.31. The topological polar surface area (TPSA) is 63.6 Å². The number of aliphatic carboxylic acids is 1. The fraction of sp³-hybridized carbons (Fsp3) is 0.667.